The Kier molecular flexibility index (Phi) is 5.48. The summed E-state index contributed by atoms with van der Waals surface area (Å²) in [4.78, 5) is 28.4. The van der Waals surface area contributed by atoms with Gasteiger partial charge in [0.05, 0.1) is 12.8 Å². The number of methoxy groups -OCH3 is 1. The molecule has 0 fully saturated rings. The Hall–Kier alpha value is -3.35. The summed E-state index contributed by atoms with van der Waals surface area (Å²) in [5, 5.41) is 4.15. The standard InChI is InChI=1S/C19H20N4O3/c1-26-16-9-7-14(8-10-16)11-12-20-19(25)18-21-13-17(24)23(22-18)15-5-3-2-4-6-15/h2-10H,11-13H2,1H3,(H,20,25)(H,21,22). The van der Waals surface area contributed by atoms with Gasteiger partial charge in [-0.05, 0) is 36.2 Å². The third-order valence-electron chi connectivity index (χ3n) is 3.93. The van der Waals surface area contributed by atoms with Crippen molar-refractivity contribution >= 4 is 23.3 Å². The van der Waals surface area contributed by atoms with Crippen LogP contribution in [0.3, 0.4) is 0 Å². The SMILES string of the molecule is COc1ccc(CCNC(=O)C2=NCC(=O)N(c3ccccc3)N2)cc1. The van der Waals surface area contributed by atoms with Gasteiger partial charge in [0.25, 0.3) is 11.8 Å². The number of benzene rings is 2. The van der Waals surface area contributed by atoms with E-state index in [0.29, 0.717) is 18.7 Å². The summed E-state index contributed by atoms with van der Waals surface area (Å²) in [5.41, 5.74) is 4.54. The summed E-state index contributed by atoms with van der Waals surface area (Å²) in [7, 11) is 1.62. The molecule has 2 N–H and O–H groups in total. The van der Waals surface area contributed by atoms with Gasteiger partial charge in [-0.1, -0.05) is 30.3 Å². The van der Waals surface area contributed by atoms with Gasteiger partial charge in [0.1, 0.15) is 12.3 Å². The summed E-state index contributed by atoms with van der Waals surface area (Å²) in [6.07, 6.45) is 0.685. The Labute approximate surface area is 151 Å². The van der Waals surface area contributed by atoms with E-state index in [9.17, 15) is 9.59 Å². The number of rotatable bonds is 6. The van der Waals surface area contributed by atoms with Crippen molar-refractivity contribution in [2.45, 2.75) is 6.42 Å². The van der Waals surface area contributed by atoms with Crippen molar-refractivity contribution in [3.05, 3.63) is 60.2 Å². The third-order valence-corrected chi connectivity index (χ3v) is 3.93. The molecule has 1 aliphatic rings. The lowest BCUT2D eigenvalue weighted by atomic mass is 10.1. The second-order valence-corrected chi connectivity index (χ2v) is 5.70. The first kappa shape index (κ1) is 17.5. The van der Waals surface area contributed by atoms with Gasteiger partial charge in [-0.15, -0.1) is 0 Å². The Balaban J connectivity index is 1.55. The molecule has 0 radical (unpaired) electrons. The third kappa shape index (κ3) is 4.18. The van der Waals surface area contributed by atoms with E-state index in [1.54, 1.807) is 19.2 Å². The molecule has 0 aliphatic carbocycles. The normalized spacial score (nSPS) is 13.7. The van der Waals surface area contributed by atoms with Gasteiger partial charge in [-0.2, -0.15) is 0 Å². The summed E-state index contributed by atoms with van der Waals surface area (Å²) < 4.78 is 5.12. The average molecular weight is 352 g/mol. The molecule has 1 aliphatic heterocycles. The van der Waals surface area contributed by atoms with Crippen molar-refractivity contribution in [3.63, 3.8) is 0 Å². The van der Waals surface area contributed by atoms with E-state index in [1.165, 1.54) is 5.01 Å². The second kappa shape index (κ2) is 8.15. The lowest BCUT2D eigenvalue weighted by molar-refractivity contribution is -0.118. The van der Waals surface area contributed by atoms with Crippen molar-refractivity contribution < 1.29 is 14.3 Å². The van der Waals surface area contributed by atoms with E-state index in [-0.39, 0.29) is 24.2 Å². The molecule has 2 aromatic carbocycles. The summed E-state index contributed by atoms with van der Waals surface area (Å²) in [6, 6.07) is 16.8. The van der Waals surface area contributed by atoms with Crippen LogP contribution < -0.4 is 20.5 Å². The maximum Gasteiger partial charge on any atom is 0.288 e. The number of carbonyl (C=O) groups is 2. The molecule has 2 amide bonds. The Morgan fingerprint density at radius 3 is 2.62 bits per heavy atom. The molecule has 3 rings (SSSR count). The fourth-order valence-electron chi connectivity index (χ4n) is 2.53. The van der Waals surface area contributed by atoms with E-state index in [4.69, 9.17) is 4.74 Å². The average Bonchev–Trinajstić information content (AvgIpc) is 2.69. The molecule has 0 unspecified atom stereocenters. The maximum absolute atomic E-state index is 12.3. The molecule has 7 heteroatoms. The van der Waals surface area contributed by atoms with Gasteiger partial charge in [-0.25, -0.2) is 5.01 Å². The van der Waals surface area contributed by atoms with Gasteiger partial charge in [0, 0.05) is 6.54 Å². The van der Waals surface area contributed by atoms with E-state index in [2.05, 4.69) is 15.7 Å². The minimum absolute atomic E-state index is 0.0663. The van der Waals surface area contributed by atoms with Crippen LogP contribution >= 0.6 is 0 Å². The highest BCUT2D eigenvalue weighted by Gasteiger charge is 2.25. The van der Waals surface area contributed by atoms with Crippen LogP contribution in [0.15, 0.2) is 59.6 Å². The van der Waals surface area contributed by atoms with Crippen LogP contribution in [-0.4, -0.2) is 37.8 Å². The minimum Gasteiger partial charge on any atom is -0.497 e. The lowest BCUT2D eigenvalue weighted by Gasteiger charge is -2.27. The molecule has 7 nitrogen and oxygen atoms in total. The smallest absolute Gasteiger partial charge is 0.288 e. The van der Waals surface area contributed by atoms with E-state index < -0.39 is 0 Å². The highest BCUT2D eigenvalue weighted by Crippen LogP contribution is 2.13. The zero-order chi connectivity index (χ0) is 18.4. The van der Waals surface area contributed by atoms with E-state index >= 15 is 0 Å². The predicted molar refractivity (Wildman–Crippen MR) is 99.1 cm³/mol. The Morgan fingerprint density at radius 1 is 1.19 bits per heavy atom. The number of nitrogens with one attached hydrogen (secondary N) is 2. The number of hydrazine groups is 1. The van der Waals surface area contributed by atoms with Gasteiger partial charge in [0.15, 0.2) is 0 Å². The van der Waals surface area contributed by atoms with Crippen molar-refractivity contribution in [1.82, 2.24) is 10.7 Å². The summed E-state index contributed by atoms with van der Waals surface area (Å²) in [6.45, 7) is 0.397. The minimum atomic E-state index is -0.341. The van der Waals surface area contributed by atoms with Crippen LogP contribution in [0.2, 0.25) is 0 Å². The second-order valence-electron chi connectivity index (χ2n) is 5.70. The lowest BCUT2D eigenvalue weighted by Crippen LogP contribution is -2.55. The molecule has 1 heterocycles. The zero-order valence-corrected chi connectivity index (χ0v) is 14.4. The van der Waals surface area contributed by atoms with Crippen molar-refractivity contribution in [3.8, 4) is 5.75 Å². The van der Waals surface area contributed by atoms with Crippen molar-refractivity contribution in [1.29, 1.82) is 0 Å². The predicted octanol–water partition coefficient (Wildman–Crippen LogP) is 1.30. The largest absolute Gasteiger partial charge is 0.497 e. The molecular weight excluding hydrogens is 332 g/mol. The monoisotopic (exact) mass is 352 g/mol. The van der Waals surface area contributed by atoms with Gasteiger partial charge in [0.2, 0.25) is 5.84 Å². The van der Waals surface area contributed by atoms with E-state index in [1.807, 2.05) is 42.5 Å². The van der Waals surface area contributed by atoms with E-state index in [0.717, 1.165) is 11.3 Å². The van der Waals surface area contributed by atoms with Gasteiger partial charge in [-0.3, -0.25) is 20.0 Å². The first-order chi connectivity index (χ1) is 12.7. The number of anilines is 1. The number of carbonyl (C=O) groups excluding carboxylic acids is 2. The topological polar surface area (TPSA) is 83.0 Å². The van der Waals surface area contributed by atoms with Gasteiger partial charge >= 0.3 is 0 Å². The van der Waals surface area contributed by atoms with Crippen LogP contribution in [0, 0.1) is 0 Å². The van der Waals surface area contributed by atoms with Crippen molar-refractivity contribution in [2.75, 3.05) is 25.2 Å². The number of aliphatic imine (C=N–C) groups is 1. The summed E-state index contributed by atoms with van der Waals surface area (Å²) >= 11 is 0. The number of hydrogen-bond donors (Lipinski definition) is 2. The fourth-order valence-corrected chi connectivity index (χ4v) is 2.53. The molecule has 26 heavy (non-hydrogen) atoms. The molecule has 2 aromatic rings. The van der Waals surface area contributed by atoms with Crippen molar-refractivity contribution in [2.24, 2.45) is 4.99 Å². The quantitative estimate of drug-likeness (QED) is 0.821. The van der Waals surface area contributed by atoms with Crippen LogP contribution in [0.1, 0.15) is 5.56 Å². The number of ether oxygens (including phenoxy) is 1. The highest BCUT2D eigenvalue weighted by molar-refractivity contribution is 6.39. The zero-order valence-electron chi connectivity index (χ0n) is 14.4. The van der Waals surface area contributed by atoms with Crippen LogP contribution in [0.25, 0.3) is 0 Å². The first-order valence-electron chi connectivity index (χ1n) is 8.27. The van der Waals surface area contributed by atoms with Crippen LogP contribution in [-0.2, 0) is 16.0 Å². The molecule has 0 saturated carbocycles. The van der Waals surface area contributed by atoms with Crippen LogP contribution in [0.5, 0.6) is 5.75 Å². The molecule has 0 saturated heterocycles. The molecule has 0 spiro atoms. The Morgan fingerprint density at radius 2 is 1.92 bits per heavy atom. The van der Waals surface area contributed by atoms with Crippen LogP contribution in [0.4, 0.5) is 5.69 Å². The molecule has 0 atom stereocenters. The first-order valence-corrected chi connectivity index (χ1v) is 8.27. The highest BCUT2D eigenvalue weighted by atomic mass is 16.5. The molecule has 0 bridgehead atoms. The molecule has 134 valence electrons. The number of para-hydroxylation sites is 1. The fraction of sp³-hybridized carbons (Fsp3) is 0.211. The number of amides is 2. The maximum atomic E-state index is 12.3. The molecule has 0 aromatic heterocycles. The molecular formula is C19H20N4O3. The summed E-state index contributed by atoms with van der Waals surface area (Å²) in [5.74, 6) is 0.366. The van der Waals surface area contributed by atoms with Gasteiger partial charge < -0.3 is 10.1 Å². The number of hydrogen-bond acceptors (Lipinski definition) is 5. The number of nitrogens with zero attached hydrogens (tertiary/aromatic N) is 2. The Bertz CT molecular complexity index is 803. The number of amidine groups is 1.